The summed E-state index contributed by atoms with van der Waals surface area (Å²) in [6, 6.07) is 18.5. The minimum atomic E-state index is 0.677. The van der Waals surface area contributed by atoms with Crippen LogP contribution in [0.5, 0.6) is 5.75 Å². The first kappa shape index (κ1) is 22.4. The number of benzene rings is 2. The Kier molecular flexibility index (Phi) is 8.48. The van der Waals surface area contributed by atoms with Crippen molar-refractivity contribution in [2.75, 3.05) is 40.8 Å². The molecule has 7 heteroatoms. The lowest BCUT2D eigenvalue weighted by Crippen LogP contribution is -2.37. The second-order valence-electron chi connectivity index (χ2n) is 7.52. The molecule has 0 saturated carbocycles. The molecule has 0 bridgehead atoms. The Morgan fingerprint density at radius 1 is 1.06 bits per heavy atom. The van der Waals surface area contributed by atoms with Gasteiger partial charge < -0.3 is 20.3 Å². The third-order valence-corrected chi connectivity index (χ3v) is 4.80. The largest absolute Gasteiger partial charge is 0.492 e. The van der Waals surface area contributed by atoms with Crippen LogP contribution >= 0.6 is 0 Å². The Labute approximate surface area is 184 Å². The number of ether oxygens (including phenoxy) is 1. The monoisotopic (exact) mass is 420 g/mol. The number of hydrogen-bond acceptors (Lipinski definition) is 4. The van der Waals surface area contributed by atoms with Gasteiger partial charge in [0.1, 0.15) is 12.4 Å². The fourth-order valence-electron chi connectivity index (χ4n) is 3.06. The Balaban J connectivity index is 1.41. The lowest BCUT2D eigenvalue weighted by molar-refractivity contribution is 0.261. The van der Waals surface area contributed by atoms with E-state index in [9.17, 15) is 0 Å². The molecule has 164 valence electrons. The minimum absolute atomic E-state index is 0.677. The van der Waals surface area contributed by atoms with Gasteiger partial charge in [-0.3, -0.25) is 4.99 Å². The highest BCUT2D eigenvalue weighted by Crippen LogP contribution is 2.13. The molecule has 3 aromatic rings. The smallest absolute Gasteiger partial charge is 0.191 e. The molecule has 0 unspecified atom stereocenters. The molecule has 0 spiro atoms. The van der Waals surface area contributed by atoms with Crippen molar-refractivity contribution in [2.45, 2.75) is 13.0 Å². The van der Waals surface area contributed by atoms with Gasteiger partial charge in [0.05, 0.1) is 5.69 Å². The van der Waals surface area contributed by atoms with Gasteiger partial charge in [-0.15, -0.1) is 0 Å². The molecule has 0 aliphatic rings. The van der Waals surface area contributed by atoms with Gasteiger partial charge in [0, 0.05) is 39.1 Å². The zero-order chi connectivity index (χ0) is 21.9. The molecule has 31 heavy (non-hydrogen) atoms. The predicted molar refractivity (Wildman–Crippen MR) is 126 cm³/mol. The van der Waals surface area contributed by atoms with Crippen molar-refractivity contribution in [3.63, 3.8) is 0 Å². The molecule has 7 nitrogen and oxygen atoms in total. The second kappa shape index (κ2) is 11.8. The lowest BCUT2D eigenvalue weighted by Gasteiger charge is -2.14. The molecular formula is C24H32N6O. The number of guanidine groups is 1. The van der Waals surface area contributed by atoms with Gasteiger partial charge in [-0.1, -0.05) is 24.3 Å². The topological polar surface area (TPSA) is 66.7 Å². The van der Waals surface area contributed by atoms with Gasteiger partial charge in [-0.05, 0) is 62.0 Å². The van der Waals surface area contributed by atoms with E-state index in [1.165, 1.54) is 5.56 Å². The summed E-state index contributed by atoms with van der Waals surface area (Å²) in [7, 11) is 5.87. The van der Waals surface area contributed by atoms with E-state index in [2.05, 4.69) is 62.0 Å². The molecule has 2 aromatic carbocycles. The van der Waals surface area contributed by atoms with Gasteiger partial charge in [-0.25, -0.2) is 4.68 Å². The highest BCUT2D eigenvalue weighted by atomic mass is 16.5. The first-order valence-electron chi connectivity index (χ1n) is 10.5. The van der Waals surface area contributed by atoms with Crippen LogP contribution in [0.15, 0.2) is 72.0 Å². The summed E-state index contributed by atoms with van der Waals surface area (Å²) in [5.74, 6) is 1.68. The summed E-state index contributed by atoms with van der Waals surface area (Å²) in [6.45, 7) is 3.05. The van der Waals surface area contributed by atoms with Crippen LogP contribution in [0, 0.1) is 0 Å². The third-order valence-electron chi connectivity index (χ3n) is 4.80. The Hall–Kier alpha value is -3.32. The summed E-state index contributed by atoms with van der Waals surface area (Å²) >= 11 is 0. The number of nitrogens with one attached hydrogen (secondary N) is 2. The number of aliphatic imine (C=N–C) groups is 1. The van der Waals surface area contributed by atoms with Crippen molar-refractivity contribution in [2.24, 2.45) is 4.99 Å². The highest BCUT2D eigenvalue weighted by Gasteiger charge is 2.02. The fraction of sp³-hybridized carbons (Fsp3) is 0.333. The van der Waals surface area contributed by atoms with Crippen LogP contribution in [0.25, 0.3) is 5.69 Å². The van der Waals surface area contributed by atoms with Gasteiger partial charge in [-0.2, -0.15) is 5.10 Å². The predicted octanol–water partition coefficient (Wildman–Crippen LogP) is 2.72. The maximum absolute atomic E-state index is 5.82. The lowest BCUT2D eigenvalue weighted by atomic mass is 10.1. The number of hydrogen-bond donors (Lipinski definition) is 2. The normalized spacial score (nSPS) is 11.5. The van der Waals surface area contributed by atoms with Crippen LogP contribution < -0.4 is 15.4 Å². The van der Waals surface area contributed by atoms with Crippen molar-refractivity contribution in [1.29, 1.82) is 0 Å². The van der Waals surface area contributed by atoms with E-state index < -0.39 is 0 Å². The molecule has 0 atom stereocenters. The highest BCUT2D eigenvalue weighted by molar-refractivity contribution is 5.79. The van der Waals surface area contributed by atoms with Crippen LogP contribution in [-0.2, 0) is 13.0 Å². The number of rotatable bonds is 10. The zero-order valence-electron chi connectivity index (χ0n) is 18.6. The van der Waals surface area contributed by atoms with E-state index in [0.29, 0.717) is 13.2 Å². The van der Waals surface area contributed by atoms with Crippen LogP contribution in [0.4, 0.5) is 0 Å². The van der Waals surface area contributed by atoms with Crippen molar-refractivity contribution >= 4 is 5.96 Å². The molecule has 1 heterocycles. The quantitative estimate of drug-likeness (QED) is 0.390. The van der Waals surface area contributed by atoms with Crippen LogP contribution in [-0.4, -0.2) is 61.5 Å². The summed E-state index contributed by atoms with van der Waals surface area (Å²) in [4.78, 5) is 6.43. The Bertz CT molecular complexity index is 935. The molecule has 2 N–H and O–H groups in total. The number of likely N-dealkylation sites (N-methyl/N-ethyl adjacent to an activating group) is 1. The van der Waals surface area contributed by atoms with E-state index in [0.717, 1.165) is 42.5 Å². The average molecular weight is 421 g/mol. The maximum atomic E-state index is 5.82. The molecular weight excluding hydrogens is 388 g/mol. The second-order valence-corrected chi connectivity index (χ2v) is 7.52. The number of aromatic nitrogens is 2. The van der Waals surface area contributed by atoms with Crippen molar-refractivity contribution in [3.05, 3.63) is 78.1 Å². The fourth-order valence-corrected chi connectivity index (χ4v) is 3.06. The third kappa shape index (κ3) is 7.46. The molecule has 0 aliphatic heterocycles. The number of nitrogens with zero attached hydrogens (tertiary/aromatic N) is 4. The van der Waals surface area contributed by atoms with Crippen LogP contribution in [0.1, 0.15) is 11.1 Å². The van der Waals surface area contributed by atoms with Crippen LogP contribution in [0.3, 0.4) is 0 Å². The SMILES string of the molecule is CN=C(NCCc1ccc(-n2cccn2)cc1)NCc1cccc(OCCN(C)C)c1. The summed E-state index contributed by atoms with van der Waals surface area (Å²) in [6.07, 6.45) is 4.64. The summed E-state index contributed by atoms with van der Waals surface area (Å²) in [5.41, 5.74) is 3.48. The molecule has 0 saturated heterocycles. The van der Waals surface area contributed by atoms with Crippen LogP contribution in [0.2, 0.25) is 0 Å². The zero-order valence-corrected chi connectivity index (χ0v) is 18.6. The van der Waals surface area contributed by atoms with E-state index in [-0.39, 0.29) is 0 Å². The molecule has 0 radical (unpaired) electrons. The Morgan fingerprint density at radius 2 is 1.90 bits per heavy atom. The van der Waals surface area contributed by atoms with E-state index in [1.807, 2.05) is 43.2 Å². The standard InChI is InChI=1S/C24H32N6O/c1-25-24(27-19-21-6-4-7-23(18-21)31-17-16-29(2)3)26-14-12-20-8-10-22(11-9-20)30-15-5-13-28-30/h4-11,13,15,18H,12,14,16-17,19H2,1-3H3,(H2,25,26,27). The van der Waals surface area contributed by atoms with Gasteiger partial charge >= 0.3 is 0 Å². The van der Waals surface area contributed by atoms with Gasteiger partial charge in [0.2, 0.25) is 0 Å². The maximum Gasteiger partial charge on any atom is 0.191 e. The molecule has 0 fully saturated rings. The van der Waals surface area contributed by atoms with E-state index in [4.69, 9.17) is 4.74 Å². The van der Waals surface area contributed by atoms with E-state index in [1.54, 1.807) is 13.2 Å². The van der Waals surface area contributed by atoms with Gasteiger partial charge in [0.25, 0.3) is 0 Å². The average Bonchev–Trinajstić information content (AvgIpc) is 3.31. The summed E-state index contributed by atoms with van der Waals surface area (Å²) < 4.78 is 7.67. The molecule has 0 amide bonds. The van der Waals surface area contributed by atoms with E-state index >= 15 is 0 Å². The summed E-state index contributed by atoms with van der Waals surface area (Å²) in [5, 5.41) is 11.0. The van der Waals surface area contributed by atoms with Crippen molar-refractivity contribution < 1.29 is 4.74 Å². The first-order chi connectivity index (χ1) is 15.1. The van der Waals surface area contributed by atoms with Crippen molar-refractivity contribution in [3.8, 4) is 11.4 Å². The first-order valence-corrected chi connectivity index (χ1v) is 10.5. The Morgan fingerprint density at radius 3 is 2.61 bits per heavy atom. The molecule has 1 aromatic heterocycles. The minimum Gasteiger partial charge on any atom is -0.492 e. The molecule has 3 rings (SSSR count). The molecule has 0 aliphatic carbocycles. The van der Waals surface area contributed by atoms with Crippen molar-refractivity contribution in [1.82, 2.24) is 25.3 Å². The van der Waals surface area contributed by atoms with Gasteiger partial charge in [0.15, 0.2) is 5.96 Å².